The average molecular weight is 274 g/mol. The Bertz CT molecular complexity index is 323. The summed E-state index contributed by atoms with van der Waals surface area (Å²) < 4.78 is 9.64. The lowest BCUT2D eigenvalue weighted by molar-refractivity contribution is -0.143. The number of rotatable bonds is 6. The molecule has 0 aliphatic carbocycles. The van der Waals surface area contributed by atoms with Crippen LogP contribution in [0.3, 0.4) is 0 Å². The maximum absolute atomic E-state index is 11.3. The summed E-state index contributed by atoms with van der Waals surface area (Å²) in [6.45, 7) is 7.18. The van der Waals surface area contributed by atoms with Crippen molar-refractivity contribution < 1.29 is 23.9 Å². The zero-order valence-corrected chi connectivity index (χ0v) is 11.9. The van der Waals surface area contributed by atoms with Crippen molar-refractivity contribution in [1.29, 1.82) is 0 Å². The fourth-order valence-electron chi connectivity index (χ4n) is 1.06. The second-order valence-corrected chi connectivity index (χ2v) is 4.76. The lowest BCUT2D eigenvalue weighted by atomic mass is 10.2. The van der Waals surface area contributed by atoms with Crippen molar-refractivity contribution in [2.24, 2.45) is 0 Å². The van der Waals surface area contributed by atoms with Crippen molar-refractivity contribution in [2.45, 2.75) is 39.7 Å². The molecule has 0 aromatic carbocycles. The molecule has 0 aromatic rings. The first-order valence-corrected chi connectivity index (χ1v) is 6.13. The molecule has 0 fully saturated rings. The number of ether oxygens (including phenoxy) is 2. The molecule has 0 radical (unpaired) electrons. The quantitative estimate of drug-likeness (QED) is 0.691. The summed E-state index contributed by atoms with van der Waals surface area (Å²) in [5.41, 5.74) is -0.573. The number of amides is 2. The van der Waals surface area contributed by atoms with Gasteiger partial charge in [0.1, 0.15) is 12.1 Å². The van der Waals surface area contributed by atoms with E-state index in [0.717, 1.165) is 0 Å². The number of nitrogens with one attached hydrogen (secondary N) is 2. The van der Waals surface area contributed by atoms with E-state index >= 15 is 0 Å². The van der Waals surface area contributed by atoms with E-state index in [-0.39, 0.29) is 32.0 Å². The minimum atomic E-state index is -0.578. The van der Waals surface area contributed by atoms with E-state index in [0.29, 0.717) is 0 Å². The van der Waals surface area contributed by atoms with E-state index in [1.54, 1.807) is 27.7 Å². The maximum atomic E-state index is 11.3. The molecule has 0 aromatic heterocycles. The van der Waals surface area contributed by atoms with Crippen LogP contribution in [0.5, 0.6) is 0 Å². The topological polar surface area (TPSA) is 93.7 Å². The van der Waals surface area contributed by atoms with Gasteiger partial charge >= 0.3 is 12.1 Å². The van der Waals surface area contributed by atoms with Crippen LogP contribution in [0.2, 0.25) is 0 Å². The van der Waals surface area contributed by atoms with Gasteiger partial charge < -0.3 is 20.1 Å². The summed E-state index contributed by atoms with van der Waals surface area (Å²) in [5, 5.41) is 4.83. The molecule has 7 nitrogen and oxygen atoms in total. The number of esters is 1. The molecule has 0 atom stereocenters. The van der Waals surface area contributed by atoms with Crippen molar-refractivity contribution in [3.8, 4) is 0 Å². The smallest absolute Gasteiger partial charge is 0.407 e. The minimum absolute atomic E-state index is 0.0681. The van der Waals surface area contributed by atoms with Crippen LogP contribution in [0.4, 0.5) is 4.79 Å². The van der Waals surface area contributed by atoms with E-state index in [4.69, 9.17) is 4.74 Å². The van der Waals surface area contributed by atoms with Crippen LogP contribution in [-0.2, 0) is 19.1 Å². The molecule has 2 amide bonds. The molecular weight excluding hydrogens is 252 g/mol. The normalized spacial score (nSPS) is 10.5. The van der Waals surface area contributed by atoms with E-state index in [9.17, 15) is 14.4 Å². The van der Waals surface area contributed by atoms with Crippen LogP contribution in [0, 0.1) is 0 Å². The van der Waals surface area contributed by atoms with Gasteiger partial charge in [0.25, 0.3) is 0 Å². The Morgan fingerprint density at radius 1 is 1.11 bits per heavy atom. The van der Waals surface area contributed by atoms with Crippen LogP contribution in [-0.4, -0.2) is 43.3 Å². The second kappa shape index (κ2) is 8.34. The van der Waals surface area contributed by atoms with Crippen molar-refractivity contribution in [3.05, 3.63) is 0 Å². The molecule has 0 spiro atoms. The zero-order chi connectivity index (χ0) is 14.9. The number of carbonyl (C=O) groups is 3. The first-order valence-electron chi connectivity index (χ1n) is 6.13. The van der Waals surface area contributed by atoms with E-state index in [1.165, 1.54) is 0 Å². The van der Waals surface area contributed by atoms with Gasteiger partial charge in [0, 0.05) is 13.0 Å². The fraction of sp³-hybridized carbons (Fsp3) is 0.750. The van der Waals surface area contributed by atoms with Crippen LogP contribution in [0.25, 0.3) is 0 Å². The highest BCUT2D eigenvalue weighted by atomic mass is 16.6. The van der Waals surface area contributed by atoms with E-state index in [2.05, 4.69) is 15.4 Å². The Morgan fingerprint density at radius 2 is 1.74 bits per heavy atom. The molecule has 0 rings (SSSR count). The first kappa shape index (κ1) is 17.2. The molecule has 0 saturated carbocycles. The summed E-state index contributed by atoms with van der Waals surface area (Å²) in [6, 6.07) is 0. The van der Waals surface area contributed by atoms with Gasteiger partial charge in [-0.2, -0.15) is 0 Å². The maximum Gasteiger partial charge on any atom is 0.407 e. The Morgan fingerprint density at radius 3 is 2.26 bits per heavy atom. The molecule has 7 heteroatoms. The molecule has 0 heterocycles. The Hall–Kier alpha value is -1.79. The number of hydrogen-bond donors (Lipinski definition) is 2. The van der Waals surface area contributed by atoms with Gasteiger partial charge in [0.2, 0.25) is 5.91 Å². The lowest BCUT2D eigenvalue weighted by Gasteiger charge is -2.19. The average Bonchev–Trinajstić information content (AvgIpc) is 2.24. The van der Waals surface area contributed by atoms with Crippen molar-refractivity contribution >= 4 is 18.0 Å². The van der Waals surface area contributed by atoms with Gasteiger partial charge in [-0.15, -0.1) is 0 Å². The summed E-state index contributed by atoms with van der Waals surface area (Å²) in [5.74, 6) is -0.833. The van der Waals surface area contributed by atoms with Crippen molar-refractivity contribution in [1.82, 2.24) is 10.6 Å². The Balaban J connectivity index is 3.69. The first-order chi connectivity index (χ1) is 8.74. The molecule has 0 unspecified atom stereocenters. The van der Waals surface area contributed by atoms with Crippen LogP contribution < -0.4 is 10.6 Å². The third kappa shape index (κ3) is 11.1. The SMILES string of the molecule is CCOC(=O)CNC(=O)CCNC(=O)OC(C)(C)C. The summed E-state index contributed by atoms with van der Waals surface area (Å²) >= 11 is 0. The van der Waals surface area contributed by atoms with Crippen molar-refractivity contribution in [2.75, 3.05) is 19.7 Å². The predicted molar refractivity (Wildman–Crippen MR) is 68.5 cm³/mol. The standard InChI is InChI=1S/C12H22N2O5/c1-5-18-10(16)8-14-9(15)6-7-13-11(17)19-12(2,3)4/h5-8H2,1-4H3,(H,13,17)(H,14,15). The molecule has 19 heavy (non-hydrogen) atoms. The summed E-state index contributed by atoms with van der Waals surface area (Å²) in [4.78, 5) is 33.5. The van der Waals surface area contributed by atoms with Gasteiger partial charge in [-0.3, -0.25) is 9.59 Å². The fourth-order valence-corrected chi connectivity index (χ4v) is 1.06. The highest BCUT2D eigenvalue weighted by Crippen LogP contribution is 2.06. The third-order valence-corrected chi connectivity index (χ3v) is 1.76. The highest BCUT2D eigenvalue weighted by molar-refractivity contribution is 5.82. The van der Waals surface area contributed by atoms with Crippen molar-refractivity contribution in [3.63, 3.8) is 0 Å². The molecule has 0 aliphatic rings. The largest absolute Gasteiger partial charge is 0.465 e. The van der Waals surface area contributed by atoms with Gasteiger partial charge in [0.05, 0.1) is 6.61 Å². The Labute approximate surface area is 113 Å². The summed E-state index contributed by atoms with van der Waals surface area (Å²) in [6.07, 6.45) is -0.510. The molecule has 0 aliphatic heterocycles. The molecule has 2 N–H and O–H groups in total. The predicted octanol–water partition coefficient (Wildman–Crippen LogP) is 0.580. The molecule has 0 saturated heterocycles. The summed E-state index contributed by atoms with van der Waals surface area (Å²) in [7, 11) is 0. The van der Waals surface area contributed by atoms with Gasteiger partial charge in [-0.05, 0) is 27.7 Å². The third-order valence-electron chi connectivity index (χ3n) is 1.76. The Kier molecular flexibility index (Phi) is 7.55. The second-order valence-electron chi connectivity index (χ2n) is 4.76. The lowest BCUT2D eigenvalue weighted by Crippen LogP contribution is -2.36. The monoisotopic (exact) mass is 274 g/mol. The number of hydrogen-bond acceptors (Lipinski definition) is 5. The van der Waals surface area contributed by atoms with Crippen LogP contribution >= 0.6 is 0 Å². The molecule has 0 bridgehead atoms. The van der Waals surface area contributed by atoms with Gasteiger partial charge in [-0.1, -0.05) is 0 Å². The van der Waals surface area contributed by atoms with E-state index < -0.39 is 17.7 Å². The van der Waals surface area contributed by atoms with E-state index in [1.807, 2.05) is 0 Å². The van der Waals surface area contributed by atoms with Gasteiger partial charge in [-0.25, -0.2) is 4.79 Å². The number of alkyl carbamates (subject to hydrolysis) is 1. The minimum Gasteiger partial charge on any atom is -0.465 e. The molecular formula is C12H22N2O5. The van der Waals surface area contributed by atoms with Crippen LogP contribution in [0.15, 0.2) is 0 Å². The number of carbonyl (C=O) groups excluding carboxylic acids is 3. The highest BCUT2D eigenvalue weighted by Gasteiger charge is 2.15. The zero-order valence-electron chi connectivity index (χ0n) is 11.9. The van der Waals surface area contributed by atoms with Gasteiger partial charge in [0.15, 0.2) is 0 Å². The van der Waals surface area contributed by atoms with Crippen LogP contribution in [0.1, 0.15) is 34.1 Å². The molecule has 110 valence electrons.